The maximum Gasteiger partial charge on any atom is 0.305 e. The molecule has 0 atom stereocenters. The molecular weight excluding hydrogens is 345 g/mol. The van der Waals surface area contributed by atoms with Crippen LogP contribution in [0.5, 0.6) is 0 Å². The molecule has 1 amide bonds. The van der Waals surface area contributed by atoms with E-state index in [2.05, 4.69) is 10.7 Å². The van der Waals surface area contributed by atoms with Crippen LogP contribution in [0.15, 0.2) is 40.8 Å². The number of amides is 1. The van der Waals surface area contributed by atoms with Gasteiger partial charge >= 0.3 is 5.91 Å². The van der Waals surface area contributed by atoms with Crippen molar-refractivity contribution in [2.24, 2.45) is 0 Å². The van der Waals surface area contributed by atoms with Gasteiger partial charge in [0, 0.05) is 27.3 Å². The molecular formula is C17H20FN3O3S. The second kappa shape index (κ2) is 9.14. The SMILES string of the molecule is COCCCNC(=S)N(C)NC(=O)c1ccc(-c2ccccc2F)o1. The summed E-state index contributed by atoms with van der Waals surface area (Å²) in [6.07, 6.45) is 0.794. The van der Waals surface area contributed by atoms with E-state index in [9.17, 15) is 9.18 Å². The number of halogens is 1. The predicted octanol–water partition coefficient (Wildman–Crippen LogP) is 2.57. The molecule has 2 rings (SSSR count). The quantitative estimate of drug-likeness (QED) is 0.466. The minimum atomic E-state index is -0.480. The summed E-state index contributed by atoms with van der Waals surface area (Å²) in [5.74, 6) is -0.549. The van der Waals surface area contributed by atoms with E-state index < -0.39 is 11.7 Å². The number of rotatable bonds is 6. The average molecular weight is 365 g/mol. The van der Waals surface area contributed by atoms with Gasteiger partial charge in [-0.25, -0.2) is 4.39 Å². The molecule has 0 unspecified atom stereocenters. The molecule has 2 aromatic rings. The Morgan fingerprint density at radius 1 is 1.32 bits per heavy atom. The van der Waals surface area contributed by atoms with E-state index in [0.717, 1.165) is 6.42 Å². The van der Waals surface area contributed by atoms with Gasteiger partial charge in [-0.3, -0.25) is 15.2 Å². The summed E-state index contributed by atoms with van der Waals surface area (Å²) in [7, 11) is 3.24. The molecule has 8 heteroatoms. The number of ether oxygens (including phenoxy) is 1. The molecule has 0 aliphatic heterocycles. The number of hydrogen-bond acceptors (Lipinski definition) is 4. The molecule has 1 aromatic carbocycles. The van der Waals surface area contributed by atoms with Crippen LogP contribution in [0.1, 0.15) is 17.0 Å². The molecule has 6 nitrogen and oxygen atoms in total. The van der Waals surface area contributed by atoms with Crippen molar-refractivity contribution < 1.29 is 18.3 Å². The number of carbonyl (C=O) groups excluding carboxylic acids is 1. The first-order chi connectivity index (χ1) is 12.0. The predicted molar refractivity (Wildman–Crippen MR) is 96.4 cm³/mol. The molecule has 0 radical (unpaired) electrons. The van der Waals surface area contributed by atoms with Gasteiger partial charge in [-0.1, -0.05) is 12.1 Å². The Hall–Kier alpha value is -2.45. The second-order valence-corrected chi connectivity index (χ2v) is 5.61. The zero-order chi connectivity index (χ0) is 18.2. The third kappa shape index (κ3) is 5.27. The summed E-state index contributed by atoms with van der Waals surface area (Å²) >= 11 is 5.17. The minimum absolute atomic E-state index is 0.0623. The first kappa shape index (κ1) is 18.9. The summed E-state index contributed by atoms with van der Waals surface area (Å²) in [6.45, 7) is 1.25. The van der Waals surface area contributed by atoms with Crippen LogP contribution in [-0.2, 0) is 4.74 Å². The van der Waals surface area contributed by atoms with Crippen molar-refractivity contribution in [3.05, 3.63) is 48.0 Å². The molecule has 0 aliphatic rings. The van der Waals surface area contributed by atoms with E-state index in [1.165, 1.54) is 17.1 Å². The van der Waals surface area contributed by atoms with Crippen LogP contribution >= 0.6 is 12.2 Å². The number of hydrazine groups is 1. The summed E-state index contributed by atoms with van der Waals surface area (Å²) in [6, 6.07) is 9.24. The van der Waals surface area contributed by atoms with E-state index in [1.807, 2.05) is 0 Å². The van der Waals surface area contributed by atoms with Gasteiger partial charge in [0.2, 0.25) is 0 Å². The summed E-state index contributed by atoms with van der Waals surface area (Å²) in [5.41, 5.74) is 2.88. The van der Waals surface area contributed by atoms with Gasteiger partial charge in [-0.2, -0.15) is 0 Å². The summed E-state index contributed by atoms with van der Waals surface area (Å²) in [5, 5.41) is 4.75. The highest BCUT2D eigenvalue weighted by molar-refractivity contribution is 7.80. The van der Waals surface area contributed by atoms with Crippen LogP contribution in [0, 0.1) is 5.82 Å². The van der Waals surface area contributed by atoms with E-state index in [4.69, 9.17) is 21.4 Å². The zero-order valence-corrected chi connectivity index (χ0v) is 14.9. The lowest BCUT2D eigenvalue weighted by atomic mass is 10.1. The van der Waals surface area contributed by atoms with Crippen molar-refractivity contribution in [3.63, 3.8) is 0 Å². The number of methoxy groups -OCH3 is 1. The standard InChI is InChI=1S/C17H20FN3O3S/c1-21(17(25)19-10-5-11-23-2)20-16(22)15-9-8-14(24-15)12-6-3-4-7-13(12)18/h3-4,6-9H,5,10-11H2,1-2H3,(H,19,25)(H,20,22). The lowest BCUT2D eigenvalue weighted by molar-refractivity contribution is 0.0858. The van der Waals surface area contributed by atoms with Gasteiger partial charge in [0.25, 0.3) is 0 Å². The average Bonchev–Trinajstić information content (AvgIpc) is 3.09. The summed E-state index contributed by atoms with van der Waals surface area (Å²) in [4.78, 5) is 12.2. The molecule has 0 spiro atoms. The molecule has 1 heterocycles. The lowest BCUT2D eigenvalue weighted by Gasteiger charge is -2.21. The Kier molecular flexibility index (Phi) is 6.91. The van der Waals surface area contributed by atoms with Crippen molar-refractivity contribution in [3.8, 4) is 11.3 Å². The number of carbonyl (C=O) groups is 1. The van der Waals surface area contributed by atoms with Gasteiger partial charge < -0.3 is 14.5 Å². The third-order valence-electron chi connectivity index (χ3n) is 3.34. The number of nitrogens with one attached hydrogen (secondary N) is 2. The third-order valence-corrected chi connectivity index (χ3v) is 3.76. The molecule has 0 saturated heterocycles. The fraction of sp³-hybridized carbons (Fsp3) is 0.294. The fourth-order valence-corrected chi connectivity index (χ4v) is 2.20. The van der Waals surface area contributed by atoms with Gasteiger partial charge in [0.1, 0.15) is 11.6 Å². The maximum atomic E-state index is 13.8. The maximum absolute atomic E-state index is 13.8. The number of thiocarbonyl (C=S) groups is 1. The normalized spacial score (nSPS) is 10.4. The molecule has 0 fully saturated rings. The van der Waals surface area contributed by atoms with Gasteiger partial charge in [-0.05, 0) is 42.9 Å². The Morgan fingerprint density at radius 2 is 2.08 bits per heavy atom. The molecule has 134 valence electrons. The van der Waals surface area contributed by atoms with E-state index in [-0.39, 0.29) is 11.5 Å². The smallest absolute Gasteiger partial charge is 0.305 e. The monoisotopic (exact) mass is 365 g/mol. The van der Waals surface area contributed by atoms with Crippen LogP contribution in [0.3, 0.4) is 0 Å². The van der Waals surface area contributed by atoms with Crippen molar-refractivity contribution in [1.82, 2.24) is 15.8 Å². The highest BCUT2D eigenvalue weighted by Gasteiger charge is 2.16. The molecule has 25 heavy (non-hydrogen) atoms. The van der Waals surface area contributed by atoms with Crippen LogP contribution in [-0.4, -0.2) is 43.3 Å². The Bertz CT molecular complexity index is 735. The van der Waals surface area contributed by atoms with Gasteiger partial charge in [0.05, 0.1) is 5.56 Å². The molecule has 0 bridgehead atoms. The number of benzene rings is 1. The summed E-state index contributed by atoms with van der Waals surface area (Å²) < 4.78 is 24.2. The highest BCUT2D eigenvalue weighted by atomic mass is 32.1. The molecule has 1 aromatic heterocycles. The molecule has 2 N–H and O–H groups in total. The van der Waals surface area contributed by atoms with Crippen LogP contribution < -0.4 is 10.7 Å². The second-order valence-electron chi connectivity index (χ2n) is 5.22. The number of furan rings is 1. The van der Waals surface area contributed by atoms with Crippen molar-refractivity contribution >= 4 is 23.2 Å². The Labute approximate surface area is 150 Å². The fourth-order valence-electron chi connectivity index (χ4n) is 2.05. The van der Waals surface area contributed by atoms with Crippen molar-refractivity contribution in [2.75, 3.05) is 27.3 Å². The highest BCUT2D eigenvalue weighted by Crippen LogP contribution is 2.24. The number of hydrogen-bond donors (Lipinski definition) is 2. The Balaban J connectivity index is 1.93. The molecule has 0 aliphatic carbocycles. The lowest BCUT2D eigenvalue weighted by Crippen LogP contribution is -2.48. The van der Waals surface area contributed by atoms with Crippen LogP contribution in [0.25, 0.3) is 11.3 Å². The van der Waals surface area contributed by atoms with Gasteiger partial charge in [-0.15, -0.1) is 0 Å². The van der Waals surface area contributed by atoms with E-state index in [1.54, 1.807) is 38.4 Å². The number of nitrogens with zero attached hydrogens (tertiary/aromatic N) is 1. The van der Waals surface area contributed by atoms with Crippen LogP contribution in [0.2, 0.25) is 0 Å². The van der Waals surface area contributed by atoms with Crippen LogP contribution in [0.4, 0.5) is 4.39 Å². The zero-order valence-electron chi connectivity index (χ0n) is 14.0. The van der Waals surface area contributed by atoms with Crippen molar-refractivity contribution in [1.29, 1.82) is 0 Å². The van der Waals surface area contributed by atoms with Gasteiger partial charge in [0.15, 0.2) is 10.9 Å². The first-order valence-corrected chi connectivity index (χ1v) is 8.10. The molecule has 0 saturated carbocycles. The minimum Gasteiger partial charge on any atom is -0.451 e. The van der Waals surface area contributed by atoms with E-state index in [0.29, 0.717) is 23.8 Å². The Morgan fingerprint density at radius 3 is 2.80 bits per heavy atom. The topological polar surface area (TPSA) is 66.7 Å². The first-order valence-electron chi connectivity index (χ1n) is 7.69. The largest absolute Gasteiger partial charge is 0.451 e. The van der Waals surface area contributed by atoms with Crippen molar-refractivity contribution in [2.45, 2.75) is 6.42 Å². The van der Waals surface area contributed by atoms with E-state index >= 15 is 0 Å².